The van der Waals surface area contributed by atoms with Gasteiger partial charge in [-0.15, -0.1) is 0 Å². The Bertz CT molecular complexity index is 1050. The lowest BCUT2D eigenvalue weighted by atomic mass is 10.2. The normalized spacial score (nSPS) is 11.2. The molecule has 0 amide bonds. The lowest BCUT2D eigenvalue weighted by Gasteiger charge is -2.14. The van der Waals surface area contributed by atoms with E-state index in [2.05, 4.69) is 30.4 Å². The fourth-order valence-electron chi connectivity index (χ4n) is 2.16. The Hall–Kier alpha value is -2.85. The molecule has 0 unspecified atom stereocenters. The van der Waals surface area contributed by atoms with Crippen molar-refractivity contribution in [3.8, 4) is 0 Å². The van der Waals surface area contributed by atoms with E-state index in [1.54, 1.807) is 55.2 Å². The molecule has 0 aliphatic rings. The van der Waals surface area contributed by atoms with Gasteiger partial charge >= 0.3 is 0 Å². The number of nitrogens with zero attached hydrogens (tertiary/aromatic N) is 4. The van der Waals surface area contributed by atoms with E-state index in [9.17, 15) is 8.42 Å². The van der Waals surface area contributed by atoms with Crippen molar-refractivity contribution in [3.05, 3.63) is 47.7 Å². The van der Waals surface area contributed by atoms with Crippen molar-refractivity contribution in [1.82, 2.24) is 19.7 Å². The largest absolute Gasteiger partial charge is 0.337 e. The second-order valence-electron chi connectivity index (χ2n) is 5.57. The quantitative estimate of drug-likeness (QED) is 0.551. The third-order valence-electron chi connectivity index (χ3n) is 3.52. The summed E-state index contributed by atoms with van der Waals surface area (Å²) in [5.74, 6) is 1.18. The number of nitrogens with one attached hydrogen (secondary N) is 3. The summed E-state index contributed by atoms with van der Waals surface area (Å²) in [6.07, 6.45) is 3.23. The van der Waals surface area contributed by atoms with Gasteiger partial charge in [-0.2, -0.15) is 10.1 Å². The molecule has 2 aromatic heterocycles. The molecule has 0 radical (unpaired) electrons. The van der Waals surface area contributed by atoms with E-state index in [4.69, 9.17) is 11.6 Å². The van der Waals surface area contributed by atoms with Gasteiger partial charge in [-0.05, 0) is 19.1 Å². The molecule has 3 N–H and O–H groups in total. The van der Waals surface area contributed by atoms with Crippen molar-refractivity contribution in [3.63, 3.8) is 0 Å². The highest BCUT2D eigenvalue weighted by Crippen LogP contribution is 2.29. The zero-order valence-electron chi connectivity index (χ0n) is 14.6. The molecule has 9 nitrogen and oxygen atoms in total. The van der Waals surface area contributed by atoms with Gasteiger partial charge in [0.1, 0.15) is 5.02 Å². The minimum atomic E-state index is -3.42. The Kier molecular flexibility index (Phi) is 5.47. The predicted octanol–water partition coefficient (Wildman–Crippen LogP) is 3.11. The third-order valence-corrected chi connectivity index (χ3v) is 5.09. The maximum Gasteiger partial charge on any atom is 0.232 e. The van der Waals surface area contributed by atoms with E-state index >= 15 is 0 Å². The van der Waals surface area contributed by atoms with Crippen LogP contribution in [0.15, 0.2) is 42.7 Å². The number of aryl methyl sites for hydroxylation is 1. The maximum atomic E-state index is 11.9. The summed E-state index contributed by atoms with van der Waals surface area (Å²) in [5, 5.41) is 10.5. The number of sulfonamides is 1. The molecule has 0 spiro atoms. The van der Waals surface area contributed by atoms with Crippen LogP contribution in [0.25, 0.3) is 0 Å². The summed E-state index contributed by atoms with van der Waals surface area (Å²) in [5.41, 5.74) is 0.909. The average molecular weight is 408 g/mol. The van der Waals surface area contributed by atoms with Crippen LogP contribution in [0.4, 0.5) is 29.0 Å². The number of halogens is 1. The van der Waals surface area contributed by atoms with Gasteiger partial charge in [-0.1, -0.05) is 23.7 Å². The van der Waals surface area contributed by atoms with Crippen LogP contribution in [-0.4, -0.2) is 33.9 Å². The van der Waals surface area contributed by atoms with Crippen molar-refractivity contribution in [2.45, 2.75) is 6.92 Å². The number of hydrogen-bond acceptors (Lipinski definition) is 7. The Morgan fingerprint density at radius 1 is 1.15 bits per heavy atom. The van der Waals surface area contributed by atoms with Crippen LogP contribution in [0.1, 0.15) is 6.92 Å². The van der Waals surface area contributed by atoms with Gasteiger partial charge in [0.15, 0.2) is 11.6 Å². The molecule has 142 valence electrons. The molecular formula is C16H18ClN7O2S. The Morgan fingerprint density at radius 2 is 1.89 bits per heavy atom. The van der Waals surface area contributed by atoms with Gasteiger partial charge in [0.2, 0.25) is 16.0 Å². The van der Waals surface area contributed by atoms with Gasteiger partial charge < -0.3 is 10.6 Å². The van der Waals surface area contributed by atoms with Crippen LogP contribution in [0, 0.1) is 0 Å². The van der Waals surface area contributed by atoms with E-state index in [0.29, 0.717) is 29.0 Å². The monoisotopic (exact) mass is 407 g/mol. The van der Waals surface area contributed by atoms with Crippen LogP contribution < -0.4 is 15.4 Å². The average Bonchev–Trinajstić information content (AvgIpc) is 3.04. The fraction of sp³-hybridized carbons (Fsp3) is 0.188. The summed E-state index contributed by atoms with van der Waals surface area (Å²) < 4.78 is 28.0. The summed E-state index contributed by atoms with van der Waals surface area (Å²) in [6, 6.07) is 8.65. The molecule has 0 aliphatic heterocycles. The fourth-order valence-corrected chi connectivity index (χ4v) is 2.96. The lowest BCUT2D eigenvalue weighted by Crippen LogP contribution is -2.15. The van der Waals surface area contributed by atoms with E-state index in [1.165, 1.54) is 6.20 Å². The van der Waals surface area contributed by atoms with E-state index in [0.717, 1.165) is 0 Å². The summed E-state index contributed by atoms with van der Waals surface area (Å²) >= 11 is 6.19. The van der Waals surface area contributed by atoms with E-state index < -0.39 is 10.0 Å². The number of rotatable bonds is 7. The van der Waals surface area contributed by atoms with Crippen LogP contribution >= 0.6 is 11.6 Å². The molecule has 1 aromatic carbocycles. The molecule has 0 aliphatic carbocycles. The van der Waals surface area contributed by atoms with Gasteiger partial charge in [-0.3, -0.25) is 9.40 Å². The van der Waals surface area contributed by atoms with Gasteiger partial charge in [0.05, 0.1) is 23.3 Å². The van der Waals surface area contributed by atoms with E-state index in [-0.39, 0.29) is 10.8 Å². The minimum Gasteiger partial charge on any atom is -0.337 e. The Labute approximate surface area is 161 Å². The van der Waals surface area contributed by atoms with Crippen LogP contribution in [0.3, 0.4) is 0 Å². The molecule has 0 saturated carbocycles. The molecule has 0 saturated heterocycles. The van der Waals surface area contributed by atoms with Gasteiger partial charge in [0.25, 0.3) is 0 Å². The molecule has 0 atom stereocenters. The number of benzene rings is 1. The smallest absolute Gasteiger partial charge is 0.232 e. The number of para-hydroxylation sites is 2. The van der Waals surface area contributed by atoms with Crippen molar-refractivity contribution < 1.29 is 8.42 Å². The molecule has 3 aromatic rings. The summed E-state index contributed by atoms with van der Waals surface area (Å²) in [4.78, 5) is 8.46. The third kappa shape index (κ3) is 4.86. The van der Waals surface area contributed by atoms with Crippen LogP contribution in [-0.2, 0) is 17.1 Å². The molecular weight excluding hydrogens is 390 g/mol. The molecule has 0 fully saturated rings. The second kappa shape index (κ2) is 7.80. The molecule has 27 heavy (non-hydrogen) atoms. The van der Waals surface area contributed by atoms with Gasteiger partial charge in [-0.25, -0.2) is 13.4 Å². The summed E-state index contributed by atoms with van der Waals surface area (Å²) in [7, 11) is -1.62. The zero-order chi connectivity index (χ0) is 19.4. The zero-order valence-corrected chi connectivity index (χ0v) is 16.2. The molecule has 0 bridgehead atoms. The number of anilines is 5. The maximum absolute atomic E-state index is 11.9. The highest BCUT2D eigenvalue weighted by Gasteiger charge is 2.13. The topological polar surface area (TPSA) is 114 Å². The highest BCUT2D eigenvalue weighted by atomic mass is 35.5. The lowest BCUT2D eigenvalue weighted by molar-refractivity contribution is 0.602. The van der Waals surface area contributed by atoms with Crippen molar-refractivity contribution in [2.75, 3.05) is 21.1 Å². The standard InChI is InChI=1S/C16H18ClN7O2S/c1-3-27(25,26)23-13-7-5-4-6-12(13)19-15-11(17)10-18-16(21-15)20-14-8-9-24(2)22-14/h4-10,23H,3H2,1-2H3,(H2,18,19,20,21,22). The molecule has 2 heterocycles. The molecule has 3 rings (SSSR count). The first-order chi connectivity index (χ1) is 12.9. The van der Waals surface area contributed by atoms with Crippen molar-refractivity contribution in [2.24, 2.45) is 7.05 Å². The van der Waals surface area contributed by atoms with E-state index in [1.807, 2.05) is 0 Å². The minimum absolute atomic E-state index is 0.0340. The van der Waals surface area contributed by atoms with Crippen LogP contribution in [0.2, 0.25) is 5.02 Å². The van der Waals surface area contributed by atoms with Crippen LogP contribution in [0.5, 0.6) is 0 Å². The predicted molar refractivity (Wildman–Crippen MR) is 106 cm³/mol. The van der Waals surface area contributed by atoms with Crippen molar-refractivity contribution >= 4 is 50.6 Å². The first kappa shape index (κ1) is 18.9. The Morgan fingerprint density at radius 3 is 2.56 bits per heavy atom. The second-order valence-corrected chi connectivity index (χ2v) is 7.98. The highest BCUT2D eigenvalue weighted by molar-refractivity contribution is 7.92. The first-order valence-electron chi connectivity index (χ1n) is 8.02. The van der Waals surface area contributed by atoms with Crippen molar-refractivity contribution in [1.29, 1.82) is 0 Å². The number of aromatic nitrogens is 4. The number of hydrogen-bond donors (Lipinski definition) is 3. The SMILES string of the molecule is CCS(=O)(=O)Nc1ccccc1Nc1nc(Nc2ccn(C)n2)ncc1Cl. The van der Waals surface area contributed by atoms with Gasteiger partial charge in [0, 0.05) is 19.3 Å². The molecule has 11 heteroatoms. The first-order valence-corrected chi connectivity index (χ1v) is 10.0. The Balaban J connectivity index is 1.86. The summed E-state index contributed by atoms with van der Waals surface area (Å²) in [6.45, 7) is 1.56.